The van der Waals surface area contributed by atoms with Crippen molar-refractivity contribution in [1.29, 1.82) is 0 Å². The number of hydrogen-bond donors (Lipinski definition) is 1. The van der Waals surface area contributed by atoms with Crippen LogP contribution in [0.2, 0.25) is 0 Å². The first kappa shape index (κ1) is 17.1. The number of rotatable bonds is 4. The molecule has 7 nitrogen and oxygen atoms in total. The third kappa shape index (κ3) is 3.55. The van der Waals surface area contributed by atoms with Gasteiger partial charge < -0.3 is 14.7 Å². The summed E-state index contributed by atoms with van der Waals surface area (Å²) in [6, 6.07) is 7.43. The molecule has 132 valence electrons. The molecule has 0 bridgehead atoms. The number of pyridine rings is 1. The van der Waals surface area contributed by atoms with Crippen molar-refractivity contribution >= 4 is 11.8 Å². The van der Waals surface area contributed by atoms with Crippen molar-refractivity contribution in [2.45, 2.75) is 39.2 Å². The van der Waals surface area contributed by atoms with Crippen molar-refractivity contribution in [3.8, 4) is 5.75 Å². The summed E-state index contributed by atoms with van der Waals surface area (Å²) in [6.07, 6.45) is 0.733. The zero-order chi connectivity index (χ0) is 18.0. The molecule has 3 heterocycles. The number of hydrogen-bond acceptors (Lipinski definition) is 6. The Balaban J connectivity index is 1.77. The average Bonchev–Trinajstić information content (AvgIpc) is 2.59. The number of ether oxygens (including phenoxy) is 1. The van der Waals surface area contributed by atoms with Crippen LogP contribution < -0.4 is 9.64 Å². The van der Waals surface area contributed by atoms with Crippen LogP contribution in [0.1, 0.15) is 29.9 Å². The molecule has 0 radical (unpaired) electrons. The third-order valence-electron chi connectivity index (χ3n) is 4.55. The molecule has 2 aromatic rings. The highest BCUT2D eigenvalue weighted by atomic mass is 16.5. The predicted molar refractivity (Wildman–Crippen MR) is 92.9 cm³/mol. The normalized spacial score (nSPS) is 16.5. The Morgan fingerprint density at radius 2 is 1.76 bits per heavy atom. The molecule has 0 spiro atoms. The van der Waals surface area contributed by atoms with E-state index in [0.717, 1.165) is 17.2 Å². The molecule has 1 N–H and O–H groups in total. The van der Waals surface area contributed by atoms with Gasteiger partial charge in [-0.2, -0.15) is 5.10 Å². The van der Waals surface area contributed by atoms with E-state index in [1.807, 2.05) is 43.9 Å². The molecule has 0 aromatic carbocycles. The van der Waals surface area contributed by atoms with Gasteiger partial charge >= 0.3 is 5.97 Å². The number of nitrogens with zero attached hydrogens (tertiary/aromatic N) is 4. The van der Waals surface area contributed by atoms with Gasteiger partial charge in [-0.15, -0.1) is 5.10 Å². The molecule has 2 aromatic heterocycles. The number of carboxylic acids is 1. The molecule has 1 aliphatic rings. The highest BCUT2D eigenvalue weighted by Gasteiger charge is 2.44. The molecule has 0 amide bonds. The van der Waals surface area contributed by atoms with Gasteiger partial charge in [0.15, 0.2) is 5.82 Å². The Hall–Kier alpha value is -2.70. The van der Waals surface area contributed by atoms with E-state index < -0.39 is 11.6 Å². The third-order valence-corrected chi connectivity index (χ3v) is 4.55. The standard InChI is InChI=1S/C18H22N4O3/c1-12-4-6-15(14(3)19-12)25-18(17(23)24)8-10-22(11-9-18)16-7-5-13(2)20-21-16/h4-7H,8-11H2,1-3H3,(H,23,24). The lowest BCUT2D eigenvalue weighted by atomic mass is 9.91. The Kier molecular flexibility index (Phi) is 4.57. The first-order chi connectivity index (χ1) is 11.9. The van der Waals surface area contributed by atoms with E-state index in [1.54, 1.807) is 6.07 Å². The second-order valence-corrected chi connectivity index (χ2v) is 6.46. The fraction of sp³-hybridized carbons (Fsp3) is 0.444. The molecule has 0 unspecified atom stereocenters. The van der Waals surface area contributed by atoms with E-state index in [-0.39, 0.29) is 0 Å². The number of carboxylic acid groups (broad SMARTS) is 1. The Labute approximate surface area is 146 Å². The molecule has 1 saturated heterocycles. The first-order valence-corrected chi connectivity index (χ1v) is 8.31. The minimum Gasteiger partial charge on any atom is -0.478 e. The highest BCUT2D eigenvalue weighted by Crippen LogP contribution is 2.32. The quantitative estimate of drug-likeness (QED) is 0.912. The van der Waals surface area contributed by atoms with Gasteiger partial charge in [0.2, 0.25) is 5.60 Å². The topological polar surface area (TPSA) is 88.4 Å². The SMILES string of the molecule is Cc1ccc(N2CCC(Oc3ccc(C)nc3C)(C(=O)O)CC2)nn1. The van der Waals surface area contributed by atoms with Crippen molar-refractivity contribution in [3.63, 3.8) is 0 Å². The molecule has 0 atom stereocenters. The lowest BCUT2D eigenvalue weighted by Crippen LogP contribution is -2.53. The van der Waals surface area contributed by atoms with Crippen molar-refractivity contribution in [2.24, 2.45) is 0 Å². The Bertz CT molecular complexity index is 768. The largest absolute Gasteiger partial charge is 0.478 e. The molecule has 1 fully saturated rings. The summed E-state index contributed by atoms with van der Waals surface area (Å²) in [6.45, 7) is 6.69. The monoisotopic (exact) mass is 342 g/mol. The maximum absolute atomic E-state index is 12.0. The molecule has 25 heavy (non-hydrogen) atoms. The first-order valence-electron chi connectivity index (χ1n) is 8.31. The second kappa shape index (κ2) is 6.66. The number of aromatic nitrogens is 3. The fourth-order valence-electron chi connectivity index (χ4n) is 3.01. The zero-order valence-electron chi connectivity index (χ0n) is 14.7. The molecular formula is C18H22N4O3. The molecular weight excluding hydrogens is 320 g/mol. The Morgan fingerprint density at radius 3 is 2.32 bits per heavy atom. The molecule has 1 aliphatic heterocycles. The van der Waals surface area contributed by atoms with Gasteiger partial charge in [-0.1, -0.05) is 0 Å². The minimum atomic E-state index is -1.24. The van der Waals surface area contributed by atoms with Crippen molar-refractivity contribution in [3.05, 3.63) is 41.3 Å². The summed E-state index contributed by atoms with van der Waals surface area (Å²) in [5.41, 5.74) is 1.19. The maximum Gasteiger partial charge on any atom is 0.348 e. The lowest BCUT2D eigenvalue weighted by Gasteiger charge is -2.39. The van der Waals surface area contributed by atoms with Gasteiger partial charge in [-0.05, 0) is 45.0 Å². The van der Waals surface area contributed by atoms with E-state index in [2.05, 4.69) is 15.2 Å². The van der Waals surface area contributed by atoms with E-state index in [0.29, 0.717) is 37.4 Å². The van der Waals surface area contributed by atoms with Crippen LogP contribution in [0.25, 0.3) is 0 Å². The van der Waals surface area contributed by atoms with Crippen LogP contribution in [-0.4, -0.2) is 44.9 Å². The van der Waals surface area contributed by atoms with E-state index >= 15 is 0 Å². The minimum absolute atomic E-state index is 0.366. The van der Waals surface area contributed by atoms with Gasteiger partial charge in [-0.25, -0.2) is 4.79 Å². The number of piperidine rings is 1. The number of anilines is 1. The van der Waals surface area contributed by atoms with Gasteiger partial charge in [0.1, 0.15) is 5.75 Å². The Morgan fingerprint density at radius 1 is 1.08 bits per heavy atom. The van der Waals surface area contributed by atoms with Gasteiger partial charge in [-0.3, -0.25) is 4.98 Å². The van der Waals surface area contributed by atoms with Gasteiger partial charge in [0.05, 0.1) is 11.4 Å². The fourth-order valence-corrected chi connectivity index (χ4v) is 3.01. The van der Waals surface area contributed by atoms with Crippen LogP contribution in [0.4, 0.5) is 5.82 Å². The predicted octanol–water partition coefficient (Wildman–Crippen LogP) is 2.30. The molecule has 3 rings (SSSR count). The summed E-state index contributed by atoms with van der Waals surface area (Å²) in [7, 11) is 0. The van der Waals surface area contributed by atoms with Gasteiger partial charge in [0, 0.05) is 31.6 Å². The summed E-state index contributed by atoms with van der Waals surface area (Å²) in [5, 5.41) is 18.0. The smallest absolute Gasteiger partial charge is 0.348 e. The van der Waals surface area contributed by atoms with Crippen molar-refractivity contribution < 1.29 is 14.6 Å². The summed E-state index contributed by atoms with van der Waals surface area (Å²) in [5.74, 6) is 0.344. The van der Waals surface area contributed by atoms with Crippen LogP contribution in [0.3, 0.4) is 0 Å². The van der Waals surface area contributed by atoms with Crippen molar-refractivity contribution in [2.75, 3.05) is 18.0 Å². The summed E-state index contributed by atoms with van der Waals surface area (Å²) < 4.78 is 5.97. The van der Waals surface area contributed by atoms with E-state index in [9.17, 15) is 9.90 Å². The summed E-state index contributed by atoms with van der Waals surface area (Å²) >= 11 is 0. The van der Waals surface area contributed by atoms with E-state index in [4.69, 9.17) is 4.74 Å². The van der Waals surface area contributed by atoms with Crippen LogP contribution in [-0.2, 0) is 4.79 Å². The molecule has 7 heteroatoms. The molecule has 0 saturated carbocycles. The van der Waals surface area contributed by atoms with Crippen molar-refractivity contribution in [1.82, 2.24) is 15.2 Å². The van der Waals surface area contributed by atoms with Gasteiger partial charge in [0.25, 0.3) is 0 Å². The van der Waals surface area contributed by atoms with Crippen LogP contribution in [0, 0.1) is 20.8 Å². The van der Waals surface area contributed by atoms with Crippen LogP contribution >= 0.6 is 0 Å². The second-order valence-electron chi connectivity index (χ2n) is 6.46. The molecule has 0 aliphatic carbocycles. The zero-order valence-corrected chi connectivity index (χ0v) is 14.7. The number of aliphatic carboxylic acids is 1. The summed E-state index contributed by atoms with van der Waals surface area (Å²) in [4.78, 5) is 18.3. The number of carbonyl (C=O) groups is 1. The lowest BCUT2D eigenvalue weighted by molar-refractivity contribution is -0.157. The van der Waals surface area contributed by atoms with E-state index in [1.165, 1.54) is 0 Å². The highest BCUT2D eigenvalue weighted by molar-refractivity contribution is 5.78. The van der Waals surface area contributed by atoms with Crippen LogP contribution in [0.15, 0.2) is 24.3 Å². The average molecular weight is 342 g/mol. The maximum atomic E-state index is 12.0. The van der Waals surface area contributed by atoms with Crippen LogP contribution in [0.5, 0.6) is 5.75 Å². The number of aryl methyl sites for hydroxylation is 3.